The normalized spacial score (nSPS) is 49.2. The summed E-state index contributed by atoms with van der Waals surface area (Å²) in [5, 5.41) is 3.43. The molecule has 0 radical (unpaired) electrons. The van der Waals surface area contributed by atoms with E-state index in [9.17, 15) is 4.79 Å². The Kier molecular flexibility index (Phi) is 2.99. The third-order valence-corrected chi connectivity index (χ3v) is 6.71. The number of carbonyl (C=O) groups excluding carboxylic acids is 1. The zero-order valence-electron chi connectivity index (χ0n) is 13.7. The van der Waals surface area contributed by atoms with Gasteiger partial charge in [0.2, 0.25) is 5.91 Å². The molecule has 2 atom stereocenters. The van der Waals surface area contributed by atoms with Crippen LogP contribution in [0.2, 0.25) is 0 Å². The Bertz CT molecular complexity index is 434. The summed E-state index contributed by atoms with van der Waals surface area (Å²) in [6.07, 6.45) is 8.72. The van der Waals surface area contributed by atoms with Gasteiger partial charge in [0.05, 0.1) is 5.41 Å². The van der Waals surface area contributed by atoms with Gasteiger partial charge in [-0.2, -0.15) is 0 Å². The van der Waals surface area contributed by atoms with Crippen LogP contribution in [-0.2, 0) is 4.79 Å². The average molecular weight is 290 g/mol. The minimum atomic E-state index is -0.00669. The average Bonchev–Trinajstić information content (AvgIpc) is 2.62. The smallest absolute Gasteiger partial charge is 0.228 e. The van der Waals surface area contributed by atoms with E-state index in [0.29, 0.717) is 16.7 Å². The zero-order valence-corrected chi connectivity index (χ0v) is 13.7. The van der Waals surface area contributed by atoms with E-state index in [1.54, 1.807) is 0 Å². The van der Waals surface area contributed by atoms with E-state index in [2.05, 4.69) is 24.1 Å². The summed E-state index contributed by atoms with van der Waals surface area (Å²) < 4.78 is 0. The van der Waals surface area contributed by atoms with Crippen LogP contribution in [0.4, 0.5) is 0 Å². The van der Waals surface area contributed by atoms with Gasteiger partial charge >= 0.3 is 0 Å². The van der Waals surface area contributed by atoms with Crippen LogP contribution in [0.1, 0.15) is 58.8 Å². The maximum Gasteiger partial charge on any atom is 0.228 e. The highest BCUT2D eigenvalue weighted by Gasteiger charge is 2.63. The Morgan fingerprint density at radius 3 is 2.38 bits per heavy atom. The van der Waals surface area contributed by atoms with E-state index in [-0.39, 0.29) is 5.41 Å². The Morgan fingerprint density at radius 2 is 1.71 bits per heavy atom. The van der Waals surface area contributed by atoms with E-state index >= 15 is 0 Å². The first kappa shape index (κ1) is 14.0. The monoisotopic (exact) mass is 290 g/mol. The first-order valence-electron chi connectivity index (χ1n) is 8.92. The molecule has 118 valence electrons. The standard InChI is InChI=1S/C18H30N2O/c1-16-8-14-9-17(2,11-16)13-18(10-14,12-16)15(21)20-6-3-4-19-5-7-20/h14,19H,3-13H2,1-2H3. The third-order valence-electron chi connectivity index (χ3n) is 6.71. The van der Waals surface area contributed by atoms with E-state index in [1.807, 2.05) is 0 Å². The van der Waals surface area contributed by atoms with Crippen molar-refractivity contribution in [2.24, 2.45) is 22.2 Å². The first-order chi connectivity index (χ1) is 9.92. The van der Waals surface area contributed by atoms with E-state index in [0.717, 1.165) is 51.4 Å². The molecule has 3 heteroatoms. The van der Waals surface area contributed by atoms with Crippen molar-refractivity contribution in [3.8, 4) is 0 Å². The van der Waals surface area contributed by atoms with Crippen LogP contribution in [0.5, 0.6) is 0 Å². The van der Waals surface area contributed by atoms with Crippen molar-refractivity contribution in [2.45, 2.75) is 58.8 Å². The van der Waals surface area contributed by atoms with Gasteiger partial charge in [-0.25, -0.2) is 0 Å². The van der Waals surface area contributed by atoms with Gasteiger partial charge in [0.15, 0.2) is 0 Å². The molecule has 5 rings (SSSR count). The largest absolute Gasteiger partial charge is 0.341 e. The van der Waals surface area contributed by atoms with Gasteiger partial charge in [-0.15, -0.1) is 0 Å². The topological polar surface area (TPSA) is 32.3 Å². The molecule has 5 aliphatic rings. The fraction of sp³-hybridized carbons (Fsp3) is 0.944. The van der Waals surface area contributed by atoms with Crippen molar-refractivity contribution in [2.75, 3.05) is 26.2 Å². The Balaban J connectivity index is 1.62. The van der Waals surface area contributed by atoms with Crippen molar-refractivity contribution >= 4 is 5.91 Å². The van der Waals surface area contributed by atoms with Gasteiger partial charge in [0, 0.05) is 19.6 Å². The molecule has 1 heterocycles. The molecule has 1 saturated heterocycles. The maximum absolute atomic E-state index is 13.4. The summed E-state index contributed by atoms with van der Waals surface area (Å²) in [5.41, 5.74) is 0.870. The Hall–Kier alpha value is -0.570. The number of nitrogens with zero attached hydrogens (tertiary/aromatic N) is 1. The lowest BCUT2D eigenvalue weighted by Gasteiger charge is -2.65. The summed E-state index contributed by atoms with van der Waals surface area (Å²) in [6.45, 7) is 8.84. The van der Waals surface area contributed by atoms with E-state index < -0.39 is 0 Å². The van der Waals surface area contributed by atoms with Gasteiger partial charge in [-0.05, 0) is 68.2 Å². The molecule has 4 aliphatic carbocycles. The van der Waals surface area contributed by atoms with Crippen LogP contribution in [0.25, 0.3) is 0 Å². The fourth-order valence-corrected chi connectivity index (χ4v) is 7.07. The summed E-state index contributed by atoms with van der Waals surface area (Å²) in [7, 11) is 0. The minimum Gasteiger partial charge on any atom is -0.341 e. The molecule has 0 aromatic rings. The molecule has 4 saturated carbocycles. The highest BCUT2D eigenvalue weighted by Crippen LogP contribution is 2.69. The second kappa shape index (κ2) is 4.47. The van der Waals surface area contributed by atoms with Crippen LogP contribution >= 0.6 is 0 Å². The molecule has 0 spiro atoms. The molecule has 0 aromatic heterocycles. The first-order valence-corrected chi connectivity index (χ1v) is 8.92. The van der Waals surface area contributed by atoms with Crippen LogP contribution in [0.3, 0.4) is 0 Å². The molecular formula is C18H30N2O. The quantitative estimate of drug-likeness (QED) is 0.805. The second-order valence-corrected chi connectivity index (χ2v) is 9.31. The molecule has 21 heavy (non-hydrogen) atoms. The van der Waals surface area contributed by atoms with Gasteiger partial charge in [-0.3, -0.25) is 4.79 Å². The number of amides is 1. The zero-order chi connectivity index (χ0) is 14.7. The number of hydrogen-bond acceptors (Lipinski definition) is 2. The van der Waals surface area contributed by atoms with Crippen molar-refractivity contribution in [1.82, 2.24) is 10.2 Å². The van der Waals surface area contributed by atoms with Crippen LogP contribution in [0, 0.1) is 22.2 Å². The second-order valence-electron chi connectivity index (χ2n) is 9.31. The van der Waals surface area contributed by atoms with E-state index in [1.165, 1.54) is 25.7 Å². The molecule has 0 aromatic carbocycles. The van der Waals surface area contributed by atoms with Crippen LogP contribution in [0.15, 0.2) is 0 Å². The number of nitrogens with one attached hydrogen (secondary N) is 1. The number of rotatable bonds is 1. The Morgan fingerprint density at radius 1 is 1.00 bits per heavy atom. The predicted molar refractivity (Wildman–Crippen MR) is 83.9 cm³/mol. The van der Waals surface area contributed by atoms with Crippen molar-refractivity contribution in [3.05, 3.63) is 0 Å². The van der Waals surface area contributed by atoms with E-state index in [4.69, 9.17) is 0 Å². The molecule has 3 nitrogen and oxygen atoms in total. The maximum atomic E-state index is 13.4. The summed E-state index contributed by atoms with van der Waals surface area (Å²) in [6, 6.07) is 0. The van der Waals surface area contributed by atoms with Crippen LogP contribution < -0.4 is 5.32 Å². The lowest BCUT2D eigenvalue weighted by molar-refractivity contribution is -0.179. The molecule has 1 amide bonds. The molecule has 1 N–H and O–H groups in total. The van der Waals surface area contributed by atoms with Gasteiger partial charge in [0.25, 0.3) is 0 Å². The van der Waals surface area contributed by atoms with Gasteiger partial charge < -0.3 is 10.2 Å². The summed E-state index contributed by atoms with van der Waals surface area (Å²) in [4.78, 5) is 15.6. The lowest BCUT2D eigenvalue weighted by atomic mass is 9.40. The Labute approximate surface area is 128 Å². The predicted octanol–water partition coefficient (Wildman–Crippen LogP) is 2.80. The molecular weight excluding hydrogens is 260 g/mol. The number of hydrogen-bond donors (Lipinski definition) is 1. The highest BCUT2D eigenvalue weighted by molar-refractivity contribution is 5.83. The molecule has 2 unspecified atom stereocenters. The highest BCUT2D eigenvalue weighted by atomic mass is 16.2. The third kappa shape index (κ3) is 2.23. The SMILES string of the molecule is CC12CC3CC(C)(C1)CC(C(=O)N1CCCNCC1)(C3)C2. The van der Waals surface area contributed by atoms with Crippen molar-refractivity contribution in [3.63, 3.8) is 0 Å². The van der Waals surface area contributed by atoms with Gasteiger partial charge in [0.1, 0.15) is 0 Å². The minimum absolute atomic E-state index is 0.00669. The molecule has 5 fully saturated rings. The summed E-state index contributed by atoms with van der Waals surface area (Å²) >= 11 is 0. The number of carbonyl (C=O) groups is 1. The van der Waals surface area contributed by atoms with Crippen molar-refractivity contribution in [1.29, 1.82) is 0 Å². The molecule has 4 bridgehead atoms. The lowest BCUT2D eigenvalue weighted by Crippen LogP contribution is -2.60. The van der Waals surface area contributed by atoms with Gasteiger partial charge in [-0.1, -0.05) is 13.8 Å². The fourth-order valence-electron chi connectivity index (χ4n) is 7.07. The van der Waals surface area contributed by atoms with Crippen molar-refractivity contribution < 1.29 is 4.79 Å². The molecule has 1 aliphatic heterocycles. The summed E-state index contributed by atoms with van der Waals surface area (Å²) in [5.74, 6) is 1.32. The van der Waals surface area contributed by atoms with Crippen LogP contribution in [-0.4, -0.2) is 37.0 Å².